The molecular formula is C14H18F3NO2S2. The minimum Gasteiger partial charge on any atom is -0.210 e. The predicted molar refractivity (Wildman–Crippen MR) is 81.3 cm³/mol. The van der Waals surface area contributed by atoms with Crippen LogP contribution in [0.3, 0.4) is 0 Å². The number of nitrogens with one attached hydrogen (secondary N) is 1. The highest BCUT2D eigenvalue weighted by molar-refractivity contribution is 8.00. The lowest BCUT2D eigenvalue weighted by Gasteiger charge is -2.11. The van der Waals surface area contributed by atoms with Crippen molar-refractivity contribution in [1.82, 2.24) is 4.72 Å². The monoisotopic (exact) mass is 353 g/mol. The van der Waals surface area contributed by atoms with Crippen molar-refractivity contribution < 1.29 is 21.6 Å². The number of benzene rings is 1. The predicted octanol–water partition coefficient (Wildman–Crippen LogP) is 3.66. The summed E-state index contributed by atoms with van der Waals surface area (Å²) >= 11 is 1.72. The van der Waals surface area contributed by atoms with Crippen molar-refractivity contribution in [3.63, 3.8) is 0 Å². The van der Waals surface area contributed by atoms with E-state index in [4.69, 9.17) is 0 Å². The molecule has 1 aromatic carbocycles. The van der Waals surface area contributed by atoms with Crippen LogP contribution in [-0.2, 0) is 16.2 Å². The smallest absolute Gasteiger partial charge is 0.210 e. The maximum Gasteiger partial charge on any atom is 0.416 e. The molecule has 1 fully saturated rings. The number of hydrogen-bond donors (Lipinski definition) is 1. The fraction of sp³-hybridized carbons (Fsp3) is 0.571. The van der Waals surface area contributed by atoms with Crippen LogP contribution in [0.5, 0.6) is 0 Å². The van der Waals surface area contributed by atoms with Gasteiger partial charge in [-0.1, -0.05) is 18.9 Å². The van der Waals surface area contributed by atoms with Crippen molar-refractivity contribution in [2.75, 3.05) is 12.3 Å². The average molecular weight is 353 g/mol. The zero-order chi connectivity index (χ0) is 16.2. The normalized spacial score (nSPS) is 17.0. The third kappa shape index (κ3) is 4.89. The highest BCUT2D eigenvalue weighted by Crippen LogP contribution is 2.31. The second-order valence-corrected chi connectivity index (χ2v) is 8.38. The van der Waals surface area contributed by atoms with Gasteiger partial charge in [-0.05, 0) is 31.0 Å². The van der Waals surface area contributed by atoms with Gasteiger partial charge in [-0.3, -0.25) is 0 Å². The van der Waals surface area contributed by atoms with E-state index in [9.17, 15) is 21.6 Å². The second kappa shape index (κ2) is 7.23. The summed E-state index contributed by atoms with van der Waals surface area (Å²) in [6, 6.07) is 3.79. The Bertz CT molecular complexity index is 596. The molecule has 1 saturated carbocycles. The van der Waals surface area contributed by atoms with Crippen LogP contribution in [0.15, 0.2) is 29.2 Å². The molecule has 0 saturated heterocycles. The van der Waals surface area contributed by atoms with Crippen LogP contribution in [0.2, 0.25) is 0 Å². The standard InChI is InChI=1S/C14H18F3NO2S2/c15-14(16,17)11-4-3-7-13(10-11)22(19,20)18-8-9-21-12-5-1-2-6-12/h3-4,7,10,12,18H,1-2,5-6,8-9H2. The highest BCUT2D eigenvalue weighted by Gasteiger charge is 2.31. The van der Waals surface area contributed by atoms with Crippen molar-refractivity contribution in [3.8, 4) is 0 Å². The first-order valence-electron chi connectivity index (χ1n) is 7.07. The minimum absolute atomic E-state index is 0.222. The Labute approximate surface area is 132 Å². The van der Waals surface area contributed by atoms with Gasteiger partial charge in [0, 0.05) is 17.5 Å². The van der Waals surface area contributed by atoms with Crippen molar-refractivity contribution in [1.29, 1.82) is 0 Å². The molecule has 1 aliphatic carbocycles. The SMILES string of the molecule is O=S(=O)(NCCSC1CCCC1)c1cccc(C(F)(F)F)c1. The van der Waals surface area contributed by atoms with Crippen molar-refractivity contribution >= 4 is 21.8 Å². The van der Waals surface area contributed by atoms with Gasteiger partial charge in [-0.15, -0.1) is 0 Å². The summed E-state index contributed by atoms with van der Waals surface area (Å²) in [5, 5.41) is 0.582. The summed E-state index contributed by atoms with van der Waals surface area (Å²) in [6.07, 6.45) is 0.196. The van der Waals surface area contributed by atoms with E-state index >= 15 is 0 Å². The molecule has 124 valence electrons. The number of alkyl halides is 3. The summed E-state index contributed by atoms with van der Waals surface area (Å²) in [5.74, 6) is 0.628. The molecule has 2 rings (SSSR count). The van der Waals surface area contributed by atoms with E-state index in [2.05, 4.69) is 4.72 Å². The largest absolute Gasteiger partial charge is 0.416 e. The maximum atomic E-state index is 12.6. The molecule has 0 aliphatic heterocycles. The van der Waals surface area contributed by atoms with Crippen molar-refractivity contribution in [2.24, 2.45) is 0 Å². The third-order valence-corrected chi connectivity index (χ3v) is 6.36. The van der Waals surface area contributed by atoms with Crippen LogP contribution in [-0.4, -0.2) is 26.0 Å². The molecule has 0 aromatic heterocycles. The molecule has 22 heavy (non-hydrogen) atoms. The Morgan fingerprint density at radius 1 is 1.23 bits per heavy atom. The van der Waals surface area contributed by atoms with Gasteiger partial charge in [-0.25, -0.2) is 13.1 Å². The average Bonchev–Trinajstić information content (AvgIpc) is 2.96. The molecule has 0 spiro atoms. The number of thioether (sulfide) groups is 1. The topological polar surface area (TPSA) is 46.2 Å². The lowest BCUT2D eigenvalue weighted by atomic mass is 10.2. The first-order chi connectivity index (χ1) is 10.3. The zero-order valence-electron chi connectivity index (χ0n) is 11.9. The van der Waals surface area contributed by atoms with E-state index in [-0.39, 0.29) is 11.4 Å². The molecule has 0 amide bonds. The third-order valence-electron chi connectivity index (χ3n) is 3.52. The van der Waals surface area contributed by atoms with E-state index in [1.807, 2.05) is 0 Å². The Morgan fingerprint density at radius 2 is 1.91 bits per heavy atom. The Morgan fingerprint density at radius 3 is 2.55 bits per heavy atom. The van der Waals surface area contributed by atoms with Gasteiger partial charge >= 0.3 is 6.18 Å². The lowest BCUT2D eigenvalue weighted by Crippen LogP contribution is -2.26. The van der Waals surface area contributed by atoms with Crippen LogP contribution in [0.1, 0.15) is 31.2 Å². The zero-order valence-corrected chi connectivity index (χ0v) is 13.5. The minimum atomic E-state index is -4.55. The Balaban J connectivity index is 1.92. The molecular weight excluding hydrogens is 335 g/mol. The van der Waals surface area contributed by atoms with Crippen molar-refractivity contribution in [2.45, 2.75) is 42.0 Å². The van der Waals surface area contributed by atoms with E-state index in [0.717, 1.165) is 25.0 Å². The number of halogens is 3. The van der Waals surface area contributed by atoms with Crippen LogP contribution in [0.4, 0.5) is 13.2 Å². The van der Waals surface area contributed by atoms with Gasteiger partial charge in [0.05, 0.1) is 10.5 Å². The molecule has 1 aliphatic rings. The second-order valence-electron chi connectivity index (χ2n) is 5.20. The molecule has 0 radical (unpaired) electrons. The van der Waals surface area contributed by atoms with Gasteiger partial charge < -0.3 is 0 Å². The molecule has 0 bridgehead atoms. The molecule has 0 atom stereocenters. The Kier molecular flexibility index (Phi) is 5.79. The lowest BCUT2D eigenvalue weighted by molar-refractivity contribution is -0.137. The van der Waals surface area contributed by atoms with E-state index in [1.54, 1.807) is 11.8 Å². The van der Waals surface area contributed by atoms with Crippen LogP contribution in [0.25, 0.3) is 0 Å². The summed E-state index contributed by atoms with van der Waals surface area (Å²) in [4.78, 5) is -0.354. The van der Waals surface area contributed by atoms with Crippen LogP contribution in [0, 0.1) is 0 Å². The molecule has 3 nitrogen and oxygen atoms in total. The number of sulfonamides is 1. The quantitative estimate of drug-likeness (QED) is 0.794. The molecule has 1 aromatic rings. The van der Waals surface area contributed by atoms with Crippen LogP contribution >= 0.6 is 11.8 Å². The first kappa shape index (κ1) is 17.6. The summed E-state index contributed by atoms with van der Waals surface area (Å²) < 4.78 is 64.3. The van der Waals surface area contributed by atoms with Crippen LogP contribution < -0.4 is 4.72 Å². The van der Waals surface area contributed by atoms with E-state index in [0.29, 0.717) is 17.1 Å². The molecule has 0 unspecified atom stereocenters. The fourth-order valence-corrected chi connectivity index (χ4v) is 4.81. The van der Waals surface area contributed by atoms with Crippen molar-refractivity contribution in [3.05, 3.63) is 29.8 Å². The van der Waals surface area contributed by atoms with E-state index < -0.39 is 21.8 Å². The molecule has 1 N–H and O–H groups in total. The highest BCUT2D eigenvalue weighted by atomic mass is 32.2. The molecule has 8 heteroatoms. The first-order valence-corrected chi connectivity index (χ1v) is 9.61. The number of rotatable bonds is 6. The fourth-order valence-electron chi connectivity index (χ4n) is 2.38. The Hall–Kier alpha value is -0.730. The maximum absolute atomic E-state index is 12.6. The number of hydrogen-bond acceptors (Lipinski definition) is 3. The summed E-state index contributed by atoms with van der Waals surface area (Å²) in [6.45, 7) is 0.222. The van der Waals surface area contributed by atoms with Gasteiger partial charge in [-0.2, -0.15) is 24.9 Å². The van der Waals surface area contributed by atoms with E-state index in [1.165, 1.54) is 18.9 Å². The summed E-state index contributed by atoms with van der Waals surface area (Å²) in [7, 11) is -3.90. The van der Waals surface area contributed by atoms with Gasteiger partial charge in [0.2, 0.25) is 10.0 Å². The summed E-state index contributed by atoms with van der Waals surface area (Å²) in [5.41, 5.74) is -0.962. The molecule has 0 heterocycles. The van der Waals surface area contributed by atoms with Gasteiger partial charge in [0.25, 0.3) is 0 Å². The van der Waals surface area contributed by atoms with Gasteiger partial charge in [0.1, 0.15) is 0 Å². The van der Waals surface area contributed by atoms with Gasteiger partial charge in [0.15, 0.2) is 0 Å².